The zero-order valence-corrected chi connectivity index (χ0v) is 12.6. The number of rotatable bonds is 3. The third-order valence-electron chi connectivity index (χ3n) is 3.30. The maximum absolute atomic E-state index is 12.3. The minimum absolute atomic E-state index is 0.101. The molecule has 0 aliphatic heterocycles. The Morgan fingerprint density at radius 3 is 2.82 bits per heavy atom. The van der Waals surface area contributed by atoms with E-state index in [1.807, 2.05) is 45.0 Å². The Morgan fingerprint density at radius 2 is 2.09 bits per heavy atom. The molecule has 112 valence electrons. The number of fused-ring (bicyclic) bond motifs is 1. The van der Waals surface area contributed by atoms with Gasteiger partial charge in [-0.2, -0.15) is 4.98 Å². The average molecular weight is 296 g/mol. The largest absolute Gasteiger partial charge is 0.341 e. The lowest BCUT2D eigenvalue weighted by Gasteiger charge is -2.11. The molecule has 1 N–H and O–H groups in total. The minimum Gasteiger partial charge on any atom is -0.341 e. The quantitative estimate of drug-likeness (QED) is 0.794. The third-order valence-corrected chi connectivity index (χ3v) is 3.30. The number of pyridine rings is 1. The molecule has 3 rings (SSSR count). The van der Waals surface area contributed by atoms with Crippen molar-refractivity contribution in [1.29, 1.82) is 0 Å². The summed E-state index contributed by atoms with van der Waals surface area (Å²) in [4.78, 5) is 25.0. The molecule has 22 heavy (non-hydrogen) atoms. The third kappa shape index (κ3) is 2.65. The fraction of sp³-hybridized carbons (Fsp3) is 0.267. The molecule has 7 nitrogen and oxygen atoms in total. The Bertz CT molecular complexity index is 827. The van der Waals surface area contributed by atoms with Crippen molar-refractivity contribution in [3.05, 3.63) is 53.4 Å². The van der Waals surface area contributed by atoms with Crippen molar-refractivity contribution in [2.24, 2.45) is 0 Å². The second-order valence-corrected chi connectivity index (χ2v) is 5.14. The van der Waals surface area contributed by atoms with Gasteiger partial charge in [0.15, 0.2) is 0 Å². The molecule has 3 heterocycles. The molecule has 0 spiro atoms. The van der Waals surface area contributed by atoms with Gasteiger partial charge in [0.05, 0.1) is 11.7 Å². The maximum atomic E-state index is 12.3. The van der Waals surface area contributed by atoms with Crippen LogP contribution in [0.5, 0.6) is 0 Å². The molecule has 0 fully saturated rings. The lowest BCUT2D eigenvalue weighted by Crippen LogP contribution is -2.28. The SMILES string of the molecule is Cc1cc(C)n2nc(C(=O)NC(C)c3ccccn3)nc2n1. The van der Waals surface area contributed by atoms with Crippen molar-refractivity contribution in [3.8, 4) is 0 Å². The summed E-state index contributed by atoms with van der Waals surface area (Å²) in [6.45, 7) is 5.64. The average Bonchev–Trinajstić information content (AvgIpc) is 2.92. The summed E-state index contributed by atoms with van der Waals surface area (Å²) < 4.78 is 1.56. The molecule has 0 radical (unpaired) electrons. The van der Waals surface area contributed by atoms with E-state index in [1.54, 1.807) is 10.7 Å². The van der Waals surface area contributed by atoms with E-state index in [1.165, 1.54) is 0 Å². The van der Waals surface area contributed by atoms with Crippen LogP contribution in [-0.2, 0) is 0 Å². The first-order valence-corrected chi connectivity index (χ1v) is 6.97. The molecule has 0 saturated carbocycles. The number of hydrogen-bond donors (Lipinski definition) is 1. The van der Waals surface area contributed by atoms with E-state index >= 15 is 0 Å². The Hall–Kier alpha value is -2.83. The van der Waals surface area contributed by atoms with Gasteiger partial charge in [-0.1, -0.05) is 6.07 Å². The predicted octanol–water partition coefficient (Wildman–Crippen LogP) is 1.63. The van der Waals surface area contributed by atoms with Crippen LogP contribution in [-0.4, -0.2) is 30.5 Å². The first-order valence-electron chi connectivity index (χ1n) is 6.97. The summed E-state index contributed by atoms with van der Waals surface area (Å²) >= 11 is 0. The van der Waals surface area contributed by atoms with E-state index < -0.39 is 0 Å². The summed E-state index contributed by atoms with van der Waals surface area (Å²) in [6, 6.07) is 7.23. The van der Waals surface area contributed by atoms with Crippen LogP contribution in [0.15, 0.2) is 30.5 Å². The molecule has 0 aliphatic carbocycles. The van der Waals surface area contributed by atoms with Gasteiger partial charge in [-0.25, -0.2) is 9.50 Å². The maximum Gasteiger partial charge on any atom is 0.291 e. The van der Waals surface area contributed by atoms with E-state index in [-0.39, 0.29) is 17.8 Å². The highest BCUT2D eigenvalue weighted by molar-refractivity contribution is 5.91. The number of aryl methyl sites for hydroxylation is 2. The normalized spacial score (nSPS) is 12.3. The molecule has 3 aromatic rings. The monoisotopic (exact) mass is 296 g/mol. The highest BCUT2D eigenvalue weighted by Crippen LogP contribution is 2.10. The van der Waals surface area contributed by atoms with Gasteiger partial charge in [-0.05, 0) is 39.0 Å². The van der Waals surface area contributed by atoms with Crippen molar-refractivity contribution in [3.63, 3.8) is 0 Å². The van der Waals surface area contributed by atoms with Gasteiger partial charge in [-0.15, -0.1) is 5.10 Å². The molecule has 0 aromatic carbocycles. The van der Waals surface area contributed by atoms with Gasteiger partial charge < -0.3 is 5.32 Å². The first kappa shape index (κ1) is 14.1. The number of nitrogens with one attached hydrogen (secondary N) is 1. The Balaban J connectivity index is 1.85. The zero-order valence-electron chi connectivity index (χ0n) is 12.6. The number of nitrogens with zero attached hydrogens (tertiary/aromatic N) is 5. The molecule has 0 saturated heterocycles. The summed E-state index contributed by atoms with van der Waals surface area (Å²) in [7, 11) is 0. The standard InChI is InChI=1S/C15H16N6O/c1-9-8-10(2)21-15(17-9)19-13(20-21)14(22)18-11(3)12-6-4-5-7-16-12/h4-8,11H,1-3H3,(H,18,22). The molecule has 3 aromatic heterocycles. The van der Waals surface area contributed by atoms with Crippen molar-refractivity contribution in [1.82, 2.24) is 29.9 Å². The van der Waals surface area contributed by atoms with Gasteiger partial charge in [0.1, 0.15) is 0 Å². The second kappa shape index (κ2) is 5.51. The number of carbonyl (C=O) groups is 1. The first-order chi connectivity index (χ1) is 10.5. The van der Waals surface area contributed by atoms with Crippen LogP contribution in [0.1, 0.15) is 40.7 Å². The van der Waals surface area contributed by atoms with E-state index in [2.05, 4.69) is 25.4 Å². The van der Waals surface area contributed by atoms with Crippen LogP contribution in [0.25, 0.3) is 5.78 Å². The molecule has 0 aliphatic rings. The lowest BCUT2D eigenvalue weighted by molar-refractivity contribution is 0.0929. The van der Waals surface area contributed by atoms with Gasteiger partial charge in [0.25, 0.3) is 11.7 Å². The summed E-state index contributed by atoms with van der Waals surface area (Å²) in [5.41, 5.74) is 2.50. The fourth-order valence-electron chi connectivity index (χ4n) is 2.23. The molecule has 1 unspecified atom stereocenters. The Morgan fingerprint density at radius 1 is 1.27 bits per heavy atom. The molecule has 0 bridgehead atoms. The predicted molar refractivity (Wildman–Crippen MR) is 80.4 cm³/mol. The number of carbonyl (C=O) groups excluding carboxylic acids is 1. The molecule has 1 amide bonds. The van der Waals surface area contributed by atoms with Gasteiger partial charge in [0, 0.05) is 17.6 Å². The topological polar surface area (TPSA) is 85.1 Å². The van der Waals surface area contributed by atoms with Crippen LogP contribution >= 0.6 is 0 Å². The van der Waals surface area contributed by atoms with Crippen molar-refractivity contribution in [2.75, 3.05) is 0 Å². The van der Waals surface area contributed by atoms with Gasteiger partial charge in [-0.3, -0.25) is 9.78 Å². The van der Waals surface area contributed by atoms with Gasteiger partial charge >= 0.3 is 0 Å². The van der Waals surface area contributed by atoms with E-state index in [4.69, 9.17) is 0 Å². The van der Waals surface area contributed by atoms with Crippen molar-refractivity contribution in [2.45, 2.75) is 26.8 Å². The Labute approximate surface area is 127 Å². The smallest absolute Gasteiger partial charge is 0.291 e. The minimum atomic E-state index is -0.347. The number of amides is 1. The summed E-state index contributed by atoms with van der Waals surface area (Å²) in [5, 5.41) is 7.05. The molecule has 1 atom stereocenters. The zero-order chi connectivity index (χ0) is 15.7. The van der Waals surface area contributed by atoms with E-state index in [9.17, 15) is 4.79 Å². The molecular formula is C15H16N6O. The van der Waals surface area contributed by atoms with E-state index in [0.29, 0.717) is 5.78 Å². The van der Waals surface area contributed by atoms with Crippen LogP contribution < -0.4 is 5.32 Å². The highest BCUT2D eigenvalue weighted by Gasteiger charge is 2.18. The lowest BCUT2D eigenvalue weighted by atomic mass is 10.2. The summed E-state index contributed by atoms with van der Waals surface area (Å²) in [5.74, 6) is 0.179. The van der Waals surface area contributed by atoms with Gasteiger partial charge in [0.2, 0.25) is 5.82 Å². The highest BCUT2D eigenvalue weighted by atomic mass is 16.2. The fourth-order valence-corrected chi connectivity index (χ4v) is 2.23. The van der Waals surface area contributed by atoms with E-state index in [0.717, 1.165) is 17.1 Å². The van der Waals surface area contributed by atoms with Crippen LogP contribution in [0.2, 0.25) is 0 Å². The van der Waals surface area contributed by atoms with Crippen LogP contribution in [0, 0.1) is 13.8 Å². The van der Waals surface area contributed by atoms with Crippen LogP contribution in [0.4, 0.5) is 0 Å². The molecular weight excluding hydrogens is 280 g/mol. The second-order valence-electron chi connectivity index (χ2n) is 5.14. The van der Waals surface area contributed by atoms with Crippen molar-refractivity contribution < 1.29 is 4.79 Å². The van der Waals surface area contributed by atoms with Crippen molar-refractivity contribution >= 4 is 11.7 Å². The number of aromatic nitrogens is 5. The Kier molecular flexibility index (Phi) is 3.54. The molecule has 7 heteroatoms. The van der Waals surface area contributed by atoms with Crippen LogP contribution in [0.3, 0.4) is 0 Å². The number of hydrogen-bond acceptors (Lipinski definition) is 5. The summed E-state index contributed by atoms with van der Waals surface area (Å²) in [6.07, 6.45) is 1.69.